The second-order valence-electron chi connectivity index (χ2n) is 7.69. The largest absolute Gasteiger partial charge is 0.455 e. The van der Waals surface area contributed by atoms with Crippen LogP contribution in [-0.4, -0.2) is 42.9 Å². The minimum Gasteiger partial charge on any atom is -0.455 e. The number of nitrogens with zero attached hydrogens (tertiary/aromatic N) is 1. The van der Waals surface area contributed by atoms with Crippen molar-refractivity contribution >= 4 is 24.2 Å². The molecule has 0 spiro atoms. The first kappa shape index (κ1) is 20.8. The van der Waals surface area contributed by atoms with E-state index in [0.717, 1.165) is 31.7 Å². The normalized spacial score (nSPS) is 23.4. The van der Waals surface area contributed by atoms with Crippen LogP contribution in [0, 0.1) is 17.8 Å². The smallest absolute Gasteiger partial charge is 0.286 e. The number of carbonyl (C=O) groups is 2. The van der Waals surface area contributed by atoms with E-state index in [2.05, 4.69) is 29.4 Å². The molecule has 6 nitrogen and oxygen atoms in total. The lowest BCUT2D eigenvalue weighted by atomic mass is 9.84. The Labute approximate surface area is 161 Å². The fourth-order valence-electron chi connectivity index (χ4n) is 3.77. The summed E-state index contributed by atoms with van der Waals surface area (Å²) in [5.74, 6) is 2.32. The fourth-order valence-corrected chi connectivity index (χ4v) is 3.77. The lowest BCUT2D eigenvalue weighted by molar-refractivity contribution is -0.128. The number of carbonyl (C=O) groups excluding carboxylic acids is 2. The average Bonchev–Trinajstić information content (AvgIpc) is 3.12. The molecule has 2 amide bonds. The molecule has 1 aromatic heterocycles. The maximum absolute atomic E-state index is 12.3. The Morgan fingerprint density at radius 1 is 1.27 bits per heavy atom. The van der Waals surface area contributed by atoms with Gasteiger partial charge >= 0.3 is 0 Å². The number of amides is 2. The summed E-state index contributed by atoms with van der Waals surface area (Å²) in [6.45, 7) is 6.86. The summed E-state index contributed by atoms with van der Waals surface area (Å²) >= 11 is 0. The highest BCUT2D eigenvalue weighted by Gasteiger charge is 2.37. The molecule has 146 valence electrons. The summed E-state index contributed by atoms with van der Waals surface area (Å²) in [6, 6.07) is 3.76. The van der Waals surface area contributed by atoms with Crippen LogP contribution in [0.2, 0.25) is 0 Å². The van der Waals surface area contributed by atoms with Crippen LogP contribution in [0.3, 0.4) is 0 Å². The number of likely N-dealkylation sites (tertiary alicyclic amines) is 1. The highest BCUT2D eigenvalue weighted by Crippen LogP contribution is 2.29. The van der Waals surface area contributed by atoms with Crippen LogP contribution in [-0.2, 0) is 11.3 Å². The van der Waals surface area contributed by atoms with Crippen LogP contribution in [0.25, 0.3) is 0 Å². The number of hydrogen-bond donors (Lipinski definition) is 2. The first-order valence-corrected chi connectivity index (χ1v) is 9.31. The summed E-state index contributed by atoms with van der Waals surface area (Å²) in [7, 11) is 1.59. The molecule has 0 bridgehead atoms. The molecule has 1 saturated heterocycles. The zero-order chi connectivity index (χ0) is 18.0. The molecule has 2 N–H and O–H groups in total. The first-order valence-electron chi connectivity index (χ1n) is 9.31. The van der Waals surface area contributed by atoms with E-state index in [0.29, 0.717) is 24.1 Å². The zero-order valence-electron chi connectivity index (χ0n) is 15.8. The van der Waals surface area contributed by atoms with Gasteiger partial charge in [0.05, 0.1) is 6.54 Å². The molecule has 2 atom stereocenters. The van der Waals surface area contributed by atoms with Crippen molar-refractivity contribution in [1.29, 1.82) is 0 Å². The van der Waals surface area contributed by atoms with Gasteiger partial charge in [0, 0.05) is 32.1 Å². The number of hydrogen-bond acceptors (Lipinski definition) is 4. The lowest BCUT2D eigenvalue weighted by Crippen LogP contribution is -2.45. The third-order valence-electron chi connectivity index (χ3n) is 5.59. The summed E-state index contributed by atoms with van der Waals surface area (Å²) in [5.41, 5.74) is 0. The molecule has 2 fully saturated rings. The van der Waals surface area contributed by atoms with Crippen LogP contribution >= 0.6 is 12.4 Å². The van der Waals surface area contributed by atoms with E-state index in [1.54, 1.807) is 13.1 Å². The Morgan fingerprint density at radius 3 is 2.58 bits per heavy atom. The predicted octanol–water partition coefficient (Wildman–Crippen LogP) is 2.43. The SMILES string of the molecule is CNC(=O)c1ccc(CN2C[C@H](NC(=O)C3CCC3)[C@@H](C(C)C)C2)o1.Cl. The van der Waals surface area contributed by atoms with Crippen LogP contribution in [0.4, 0.5) is 0 Å². The van der Waals surface area contributed by atoms with E-state index in [4.69, 9.17) is 4.42 Å². The molecule has 2 heterocycles. The average molecular weight is 384 g/mol. The summed E-state index contributed by atoms with van der Waals surface area (Å²) in [5, 5.41) is 5.85. The Kier molecular flexibility index (Phi) is 7.12. The molecule has 0 unspecified atom stereocenters. The molecule has 3 rings (SSSR count). The third-order valence-corrected chi connectivity index (χ3v) is 5.59. The number of furan rings is 1. The first-order chi connectivity index (χ1) is 12.0. The van der Waals surface area contributed by atoms with Crippen LogP contribution in [0.1, 0.15) is 49.4 Å². The third kappa shape index (κ3) is 4.60. The van der Waals surface area contributed by atoms with Gasteiger partial charge in [-0.1, -0.05) is 20.3 Å². The lowest BCUT2D eigenvalue weighted by Gasteiger charge is -2.29. The highest BCUT2D eigenvalue weighted by molar-refractivity contribution is 5.91. The second kappa shape index (κ2) is 8.91. The van der Waals surface area contributed by atoms with E-state index in [9.17, 15) is 9.59 Å². The highest BCUT2D eigenvalue weighted by atomic mass is 35.5. The van der Waals surface area contributed by atoms with Crippen molar-refractivity contribution in [3.05, 3.63) is 23.7 Å². The van der Waals surface area contributed by atoms with Gasteiger partial charge in [-0.05, 0) is 36.8 Å². The molecule has 0 radical (unpaired) electrons. The summed E-state index contributed by atoms with van der Waals surface area (Å²) < 4.78 is 5.63. The Balaban J connectivity index is 0.00000243. The quantitative estimate of drug-likeness (QED) is 0.791. The topological polar surface area (TPSA) is 74.6 Å². The van der Waals surface area contributed by atoms with E-state index >= 15 is 0 Å². The molecular formula is C19H30ClN3O3. The van der Waals surface area contributed by atoms with Gasteiger partial charge in [0.2, 0.25) is 5.91 Å². The van der Waals surface area contributed by atoms with Crippen molar-refractivity contribution in [2.45, 2.75) is 45.7 Å². The van der Waals surface area contributed by atoms with Gasteiger partial charge in [0.1, 0.15) is 5.76 Å². The molecule has 1 saturated carbocycles. The summed E-state index contributed by atoms with van der Waals surface area (Å²) in [4.78, 5) is 26.3. The van der Waals surface area contributed by atoms with E-state index in [-0.39, 0.29) is 36.2 Å². The number of halogens is 1. The van der Waals surface area contributed by atoms with Crippen molar-refractivity contribution in [3.8, 4) is 0 Å². The summed E-state index contributed by atoms with van der Waals surface area (Å²) in [6.07, 6.45) is 3.24. The minimum absolute atomic E-state index is 0. The van der Waals surface area contributed by atoms with Gasteiger partial charge in [-0.25, -0.2) is 0 Å². The van der Waals surface area contributed by atoms with Gasteiger partial charge in [0.25, 0.3) is 5.91 Å². The molecule has 1 aliphatic carbocycles. The maximum atomic E-state index is 12.3. The van der Waals surface area contributed by atoms with Gasteiger partial charge in [0.15, 0.2) is 5.76 Å². The van der Waals surface area contributed by atoms with Crippen molar-refractivity contribution in [1.82, 2.24) is 15.5 Å². The Morgan fingerprint density at radius 2 is 2.00 bits per heavy atom. The molecule has 26 heavy (non-hydrogen) atoms. The predicted molar refractivity (Wildman–Crippen MR) is 102 cm³/mol. The fraction of sp³-hybridized carbons (Fsp3) is 0.684. The molecule has 1 aromatic rings. The van der Waals surface area contributed by atoms with Crippen molar-refractivity contribution < 1.29 is 14.0 Å². The van der Waals surface area contributed by atoms with Crippen LogP contribution in [0.5, 0.6) is 0 Å². The minimum atomic E-state index is -0.210. The monoisotopic (exact) mass is 383 g/mol. The van der Waals surface area contributed by atoms with E-state index in [1.807, 2.05) is 6.07 Å². The molecule has 0 aromatic carbocycles. The Bertz CT molecular complexity index is 627. The van der Waals surface area contributed by atoms with Gasteiger partial charge < -0.3 is 15.1 Å². The van der Waals surface area contributed by atoms with Crippen molar-refractivity contribution in [2.75, 3.05) is 20.1 Å². The second-order valence-corrected chi connectivity index (χ2v) is 7.69. The number of nitrogens with one attached hydrogen (secondary N) is 2. The van der Waals surface area contributed by atoms with Crippen molar-refractivity contribution in [2.24, 2.45) is 17.8 Å². The van der Waals surface area contributed by atoms with E-state index in [1.165, 1.54) is 6.42 Å². The van der Waals surface area contributed by atoms with Crippen LogP contribution < -0.4 is 10.6 Å². The van der Waals surface area contributed by atoms with Gasteiger partial charge in [-0.2, -0.15) is 0 Å². The standard InChI is InChI=1S/C19H29N3O3.ClH/c1-12(2)15-10-22(9-14-7-8-17(25-14)19(24)20-3)11-16(15)21-18(23)13-5-4-6-13;/h7-8,12-13,15-16H,4-6,9-11H2,1-3H3,(H,20,24)(H,21,23);1H/t15-,16+;/m1./s1. The molecule has 7 heteroatoms. The van der Waals surface area contributed by atoms with Crippen LogP contribution in [0.15, 0.2) is 16.5 Å². The number of rotatable bonds is 6. The zero-order valence-corrected chi connectivity index (χ0v) is 16.6. The van der Waals surface area contributed by atoms with Gasteiger partial charge in [-0.3, -0.25) is 14.5 Å². The molecular weight excluding hydrogens is 354 g/mol. The van der Waals surface area contributed by atoms with Crippen molar-refractivity contribution in [3.63, 3.8) is 0 Å². The van der Waals surface area contributed by atoms with E-state index < -0.39 is 0 Å². The Hall–Kier alpha value is -1.53. The molecule has 2 aliphatic rings. The maximum Gasteiger partial charge on any atom is 0.286 e. The van der Waals surface area contributed by atoms with Gasteiger partial charge in [-0.15, -0.1) is 12.4 Å². The molecule has 1 aliphatic heterocycles.